The highest BCUT2D eigenvalue weighted by molar-refractivity contribution is 7.92. The van der Waals surface area contributed by atoms with Crippen LogP contribution in [-0.2, 0) is 14.6 Å². The van der Waals surface area contributed by atoms with Crippen molar-refractivity contribution in [1.82, 2.24) is 0 Å². The molecule has 4 aliphatic carbocycles. The molecule has 0 bridgehead atoms. The van der Waals surface area contributed by atoms with Crippen LogP contribution >= 0.6 is 0 Å². The molecular weight excluding hydrogens is 577 g/mol. The number of ether oxygens (including phenoxy) is 1. The summed E-state index contributed by atoms with van der Waals surface area (Å²) in [4.78, 5) is 12.7. The minimum atomic E-state index is -4.86. The third-order valence-corrected chi connectivity index (χ3v) is 14.4. The first-order valence-corrected chi connectivity index (χ1v) is 18.0. The summed E-state index contributed by atoms with van der Waals surface area (Å²) in [5.74, 6) is 2.70. The van der Waals surface area contributed by atoms with E-state index in [-0.39, 0.29) is 28.6 Å². The van der Waals surface area contributed by atoms with Crippen LogP contribution in [-0.4, -0.2) is 37.5 Å². The van der Waals surface area contributed by atoms with E-state index >= 15 is 0 Å². The van der Waals surface area contributed by atoms with E-state index in [9.17, 15) is 31.5 Å². The number of alkyl halides is 3. The van der Waals surface area contributed by atoms with Gasteiger partial charge in [0.05, 0.1) is 11.0 Å². The molecule has 4 saturated carbocycles. The van der Waals surface area contributed by atoms with Crippen molar-refractivity contribution in [3.63, 3.8) is 0 Å². The first kappa shape index (κ1) is 32.8. The number of rotatable bonds is 9. The first-order chi connectivity index (χ1) is 20.1. The number of hydrogen-bond donors (Lipinski definition) is 1. The van der Waals surface area contributed by atoms with Gasteiger partial charge < -0.3 is 9.84 Å². The topological polar surface area (TPSA) is 80.7 Å². The zero-order chi connectivity index (χ0) is 31.4. The number of carbonyl (C=O) groups excluding carboxylic acids is 1. The maximum atomic E-state index is 12.8. The molecule has 1 aromatic rings. The molecule has 5 rings (SSSR count). The monoisotopic (exact) mass is 626 g/mol. The van der Waals surface area contributed by atoms with Crippen LogP contribution in [0.3, 0.4) is 0 Å². The van der Waals surface area contributed by atoms with Crippen LogP contribution in [0.25, 0.3) is 0 Å². The SMILES string of the molecule is CC[C@H]1C[C@@H]2[C@H](CC[C@]3(C)[C@@H]([C@H](C)CCC(=O)CS(=O)(=O)c4ccc(OC(F)(F)F)cc4)CC[C@@H]23)[C@@]2(C)CC[C@@H](O)C[C@@H]12. The largest absolute Gasteiger partial charge is 0.573 e. The highest BCUT2D eigenvalue weighted by Gasteiger charge is 2.62. The number of carbonyl (C=O) groups is 1. The summed E-state index contributed by atoms with van der Waals surface area (Å²) in [6, 6.07) is 4.00. The van der Waals surface area contributed by atoms with Gasteiger partial charge >= 0.3 is 6.36 Å². The second-order valence-electron chi connectivity index (χ2n) is 14.9. The Morgan fingerprint density at radius 1 is 1.00 bits per heavy atom. The molecule has 1 N–H and O–H groups in total. The number of hydrogen-bond acceptors (Lipinski definition) is 5. The van der Waals surface area contributed by atoms with E-state index in [4.69, 9.17) is 0 Å². The van der Waals surface area contributed by atoms with Gasteiger partial charge in [0.2, 0.25) is 0 Å². The number of Topliss-reactive ketones (excluding diaryl/α,β-unsaturated/α-hetero) is 1. The summed E-state index contributed by atoms with van der Waals surface area (Å²) in [6.45, 7) is 9.56. The molecule has 0 radical (unpaired) electrons. The molecule has 4 aliphatic rings. The number of halogens is 3. The number of fused-ring (bicyclic) bond motifs is 5. The summed E-state index contributed by atoms with van der Waals surface area (Å²) in [7, 11) is -3.96. The van der Waals surface area contributed by atoms with Crippen molar-refractivity contribution in [2.24, 2.45) is 52.3 Å². The Morgan fingerprint density at radius 2 is 1.65 bits per heavy atom. The van der Waals surface area contributed by atoms with Crippen LogP contribution in [0.5, 0.6) is 5.75 Å². The minimum absolute atomic E-state index is 0.148. The second kappa shape index (κ2) is 12.0. The van der Waals surface area contributed by atoms with Crippen LogP contribution in [0.2, 0.25) is 0 Å². The van der Waals surface area contributed by atoms with E-state index in [2.05, 4.69) is 32.4 Å². The standard InChI is InChI=1S/C34H49F3O5S/c1-5-22-18-27-29-13-12-28(32(29,3)17-15-30(27)33(4)16-14-23(38)19-31(22)33)21(2)6-7-24(39)20-43(40,41)26-10-8-25(9-11-26)42-34(35,36)37/h8-11,21-23,27-31,38H,5-7,12-20H2,1-4H3/t21-,22+,23-,27+,28-,29+,30+,31+,32-,33-/m1/s1. The van der Waals surface area contributed by atoms with Gasteiger partial charge in [0, 0.05) is 6.42 Å². The van der Waals surface area contributed by atoms with E-state index in [1.165, 1.54) is 32.1 Å². The van der Waals surface area contributed by atoms with Gasteiger partial charge in [-0.2, -0.15) is 0 Å². The lowest BCUT2D eigenvalue weighted by Gasteiger charge is -2.63. The molecule has 0 aliphatic heterocycles. The molecule has 4 fully saturated rings. The van der Waals surface area contributed by atoms with Crippen molar-refractivity contribution in [3.05, 3.63) is 24.3 Å². The minimum Gasteiger partial charge on any atom is -0.406 e. The fraction of sp³-hybridized carbons (Fsp3) is 0.794. The number of ketones is 1. The second-order valence-corrected chi connectivity index (χ2v) is 16.9. The van der Waals surface area contributed by atoms with Gasteiger partial charge in [-0.15, -0.1) is 13.2 Å². The molecule has 0 unspecified atom stereocenters. The van der Waals surface area contributed by atoms with Crippen molar-refractivity contribution in [2.75, 3.05) is 5.75 Å². The summed E-state index contributed by atoms with van der Waals surface area (Å²) in [6.07, 6.45) is 6.10. The molecule has 1 aromatic carbocycles. The van der Waals surface area contributed by atoms with Crippen LogP contribution < -0.4 is 4.74 Å². The fourth-order valence-electron chi connectivity index (χ4n) is 10.7. The fourth-order valence-corrected chi connectivity index (χ4v) is 12.0. The lowest BCUT2D eigenvalue weighted by atomic mass is 9.42. The Labute approximate surface area is 255 Å². The maximum absolute atomic E-state index is 12.8. The predicted octanol–water partition coefficient (Wildman–Crippen LogP) is 8.00. The third kappa shape index (κ3) is 6.41. The molecule has 0 spiro atoms. The normalized spacial score (nSPS) is 38.5. The molecule has 43 heavy (non-hydrogen) atoms. The Bertz CT molecular complexity index is 1260. The van der Waals surface area contributed by atoms with Gasteiger partial charge in [-0.3, -0.25) is 4.79 Å². The molecule has 242 valence electrons. The van der Waals surface area contributed by atoms with Gasteiger partial charge in [0.15, 0.2) is 9.84 Å². The van der Waals surface area contributed by atoms with Gasteiger partial charge in [-0.1, -0.05) is 34.1 Å². The van der Waals surface area contributed by atoms with Crippen molar-refractivity contribution in [1.29, 1.82) is 0 Å². The first-order valence-electron chi connectivity index (χ1n) is 16.4. The Hall–Kier alpha value is -1.61. The predicted molar refractivity (Wildman–Crippen MR) is 159 cm³/mol. The smallest absolute Gasteiger partial charge is 0.406 e. The van der Waals surface area contributed by atoms with E-state index in [0.717, 1.165) is 61.8 Å². The van der Waals surface area contributed by atoms with Crippen LogP contribution in [0, 0.1) is 52.3 Å². The average molecular weight is 627 g/mol. The van der Waals surface area contributed by atoms with E-state index in [1.54, 1.807) is 0 Å². The summed E-state index contributed by atoms with van der Waals surface area (Å²) in [5.41, 5.74) is 0.545. The summed E-state index contributed by atoms with van der Waals surface area (Å²) >= 11 is 0. The van der Waals surface area contributed by atoms with Crippen LogP contribution in [0.4, 0.5) is 13.2 Å². The molecule has 0 heterocycles. The van der Waals surface area contributed by atoms with Crippen molar-refractivity contribution >= 4 is 15.6 Å². The Morgan fingerprint density at radius 3 is 2.30 bits per heavy atom. The molecule has 9 heteroatoms. The van der Waals surface area contributed by atoms with Gasteiger partial charge in [0.25, 0.3) is 0 Å². The number of aliphatic hydroxyl groups excluding tert-OH is 1. The van der Waals surface area contributed by atoms with Gasteiger partial charge in [0.1, 0.15) is 17.3 Å². The summed E-state index contributed by atoms with van der Waals surface area (Å²) < 4.78 is 66.7. The zero-order valence-corrected chi connectivity index (χ0v) is 26.9. The van der Waals surface area contributed by atoms with Crippen molar-refractivity contribution in [2.45, 2.75) is 116 Å². The Kier molecular flexibility index (Phi) is 9.11. The van der Waals surface area contributed by atoms with Gasteiger partial charge in [-0.25, -0.2) is 8.42 Å². The summed E-state index contributed by atoms with van der Waals surface area (Å²) in [5, 5.41) is 10.5. The molecule has 0 amide bonds. The number of aliphatic hydroxyl groups is 1. The number of benzene rings is 1. The molecular formula is C34H49F3O5S. The van der Waals surface area contributed by atoms with Crippen LogP contribution in [0.1, 0.15) is 98.3 Å². The van der Waals surface area contributed by atoms with Crippen molar-refractivity contribution in [3.8, 4) is 5.75 Å². The molecule has 0 saturated heterocycles. The molecule has 5 nitrogen and oxygen atoms in total. The zero-order valence-electron chi connectivity index (χ0n) is 26.0. The van der Waals surface area contributed by atoms with Crippen molar-refractivity contribution < 1.29 is 36.2 Å². The highest BCUT2D eigenvalue weighted by Crippen LogP contribution is 2.69. The van der Waals surface area contributed by atoms with Gasteiger partial charge in [-0.05, 0) is 134 Å². The van der Waals surface area contributed by atoms with Crippen LogP contribution in [0.15, 0.2) is 29.2 Å². The number of sulfone groups is 1. The maximum Gasteiger partial charge on any atom is 0.573 e. The molecule has 10 atom stereocenters. The molecule has 0 aromatic heterocycles. The third-order valence-electron chi connectivity index (χ3n) is 12.7. The van der Waals surface area contributed by atoms with E-state index < -0.39 is 27.7 Å². The van der Waals surface area contributed by atoms with E-state index in [0.29, 0.717) is 41.4 Å². The van der Waals surface area contributed by atoms with E-state index in [1.807, 2.05) is 0 Å². The Balaban J connectivity index is 1.20. The highest BCUT2D eigenvalue weighted by atomic mass is 32.2. The lowest BCUT2D eigenvalue weighted by Crippen LogP contribution is -2.56. The quantitative estimate of drug-likeness (QED) is 0.301. The average Bonchev–Trinajstić information content (AvgIpc) is 3.28. The lowest BCUT2D eigenvalue weighted by molar-refractivity contribution is -0.274.